The van der Waals surface area contributed by atoms with Gasteiger partial charge in [0, 0.05) is 46.0 Å². The second-order valence-electron chi connectivity index (χ2n) is 4.81. The van der Waals surface area contributed by atoms with Crippen LogP contribution in [-0.2, 0) is 0 Å². The van der Waals surface area contributed by atoms with Gasteiger partial charge in [-0.05, 0) is 18.2 Å². The smallest absolute Gasteiger partial charge is 0.319 e. The van der Waals surface area contributed by atoms with Crippen LogP contribution < -0.4 is 4.90 Å². The van der Waals surface area contributed by atoms with Gasteiger partial charge >= 0.3 is 6.03 Å². The van der Waals surface area contributed by atoms with Crippen molar-refractivity contribution < 1.29 is 4.79 Å². The molecule has 1 saturated heterocycles. The summed E-state index contributed by atoms with van der Waals surface area (Å²) >= 11 is 0. The van der Waals surface area contributed by atoms with Gasteiger partial charge in [-0.2, -0.15) is 5.26 Å². The molecule has 0 aromatic heterocycles. The minimum atomic E-state index is 0.0606. The fraction of sp³-hybridized carbons (Fsp3) is 0.429. The van der Waals surface area contributed by atoms with Crippen LogP contribution in [0.3, 0.4) is 0 Å². The summed E-state index contributed by atoms with van der Waals surface area (Å²) < 4.78 is 0. The number of benzene rings is 1. The first-order valence-corrected chi connectivity index (χ1v) is 6.33. The molecule has 0 bridgehead atoms. The monoisotopic (exact) mass is 258 g/mol. The number of nitrogens with zero attached hydrogens (tertiary/aromatic N) is 4. The first kappa shape index (κ1) is 13.2. The van der Waals surface area contributed by atoms with E-state index in [2.05, 4.69) is 11.0 Å². The maximum atomic E-state index is 11.8. The molecule has 1 aromatic carbocycles. The highest BCUT2D eigenvalue weighted by molar-refractivity contribution is 5.74. The number of rotatable bonds is 1. The zero-order chi connectivity index (χ0) is 13.8. The topological polar surface area (TPSA) is 50.6 Å². The fourth-order valence-corrected chi connectivity index (χ4v) is 2.21. The van der Waals surface area contributed by atoms with Crippen LogP contribution in [0.5, 0.6) is 0 Å². The Kier molecular flexibility index (Phi) is 3.91. The Morgan fingerprint density at radius 1 is 1.26 bits per heavy atom. The van der Waals surface area contributed by atoms with Gasteiger partial charge in [-0.15, -0.1) is 0 Å². The first-order chi connectivity index (χ1) is 9.11. The Morgan fingerprint density at radius 3 is 2.53 bits per heavy atom. The number of carbonyl (C=O) groups is 1. The molecule has 2 amide bonds. The number of carbonyl (C=O) groups excluding carboxylic acids is 1. The molecule has 1 heterocycles. The average molecular weight is 258 g/mol. The number of urea groups is 1. The zero-order valence-corrected chi connectivity index (χ0v) is 11.3. The van der Waals surface area contributed by atoms with E-state index < -0.39 is 0 Å². The standard InChI is InChI=1S/C14H18N4O/c1-16(2)14(19)18-8-6-17(7-9-18)13-5-3-4-12(10-13)11-15/h3-5,10H,6-9H2,1-2H3. The van der Waals surface area contributed by atoms with Gasteiger partial charge in [0.25, 0.3) is 0 Å². The van der Waals surface area contributed by atoms with E-state index >= 15 is 0 Å². The van der Waals surface area contributed by atoms with Crippen molar-refractivity contribution in [1.82, 2.24) is 9.80 Å². The van der Waals surface area contributed by atoms with Gasteiger partial charge in [0.1, 0.15) is 0 Å². The molecule has 1 aliphatic heterocycles. The molecule has 1 aromatic rings. The van der Waals surface area contributed by atoms with Gasteiger partial charge in [0.05, 0.1) is 11.6 Å². The van der Waals surface area contributed by atoms with Crippen LogP contribution in [0, 0.1) is 11.3 Å². The van der Waals surface area contributed by atoms with E-state index in [0.717, 1.165) is 18.8 Å². The van der Waals surface area contributed by atoms with E-state index in [9.17, 15) is 4.79 Å². The number of hydrogen-bond acceptors (Lipinski definition) is 3. The number of piperazine rings is 1. The highest BCUT2D eigenvalue weighted by Crippen LogP contribution is 2.18. The Balaban J connectivity index is 2.00. The minimum Gasteiger partial charge on any atom is -0.368 e. The quantitative estimate of drug-likeness (QED) is 0.764. The fourth-order valence-electron chi connectivity index (χ4n) is 2.21. The second-order valence-corrected chi connectivity index (χ2v) is 4.81. The molecule has 5 nitrogen and oxygen atoms in total. The Morgan fingerprint density at radius 2 is 1.95 bits per heavy atom. The van der Waals surface area contributed by atoms with Crippen LogP contribution in [0.4, 0.5) is 10.5 Å². The maximum Gasteiger partial charge on any atom is 0.319 e. The van der Waals surface area contributed by atoms with Crippen LogP contribution in [0.15, 0.2) is 24.3 Å². The van der Waals surface area contributed by atoms with Crippen molar-refractivity contribution in [1.29, 1.82) is 5.26 Å². The lowest BCUT2D eigenvalue weighted by Crippen LogP contribution is -2.51. The number of amides is 2. The normalized spacial score (nSPS) is 15.0. The lowest BCUT2D eigenvalue weighted by atomic mass is 10.2. The van der Waals surface area contributed by atoms with Crippen LogP contribution >= 0.6 is 0 Å². The molecule has 0 saturated carbocycles. The Bertz CT molecular complexity index is 498. The van der Waals surface area contributed by atoms with Crippen LogP contribution in [0.1, 0.15) is 5.56 Å². The molecule has 19 heavy (non-hydrogen) atoms. The van der Waals surface area contributed by atoms with Gasteiger partial charge in [0.15, 0.2) is 0 Å². The molecule has 0 spiro atoms. The third-order valence-electron chi connectivity index (χ3n) is 3.27. The molecule has 0 unspecified atom stereocenters. The van der Waals surface area contributed by atoms with E-state index in [0.29, 0.717) is 18.7 Å². The van der Waals surface area contributed by atoms with Gasteiger partial charge in [-0.3, -0.25) is 0 Å². The number of hydrogen-bond donors (Lipinski definition) is 0. The summed E-state index contributed by atoms with van der Waals surface area (Å²) in [5.74, 6) is 0. The van der Waals surface area contributed by atoms with E-state index in [-0.39, 0.29) is 6.03 Å². The minimum absolute atomic E-state index is 0.0606. The van der Waals surface area contributed by atoms with Crippen LogP contribution in [0.25, 0.3) is 0 Å². The molecular formula is C14H18N4O. The van der Waals surface area contributed by atoms with Crippen LogP contribution in [-0.4, -0.2) is 56.1 Å². The molecule has 1 fully saturated rings. The summed E-state index contributed by atoms with van der Waals surface area (Å²) in [4.78, 5) is 17.5. The first-order valence-electron chi connectivity index (χ1n) is 6.33. The summed E-state index contributed by atoms with van der Waals surface area (Å²) in [7, 11) is 3.54. The molecule has 5 heteroatoms. The van der Waals surface area contributed by atoms with E-state index in [1.807, 2.05) is 23.1 Å². The average Bonchev–Trinajstić information content (AvgIpc) is 2.46. The summed E-state index contributed by atoms with van der Waals surface area (Å²) in [5.41, 5.74) is 1.72. The molecule has 1 aliphatic rings. The van der Waals surface area contributed by atoms with Crippen molar-refractivity contribution in [2.75, 3.05) is 45.2 Å². The lowest BCUT2D eigenvalue weighted by Gasteiger charge is -2.37. The van der Waals surface area contributed by atoms with Gasteiger partial charge in [0.2, 0.25) is 0 Å². The van der Waals surface area contributed by atoms with Gasteiger partial charge < -0.3 is 14.7 Å². The van der Waals surface area contributed by atoms with Crippen molar-refractivity contribution in [2.24, 2.45) is 0 Å². The molecule has 2 rings (SSSR count). The molecule has 0 radical (unpaired) electrons. The Hall–Kier alpha value is -2.22. The summed E-state index contributed by atoms with van der Waals surface area (Å²) in [6.45, 7) is 3.03. The lowest BCUT2D eigenvalue weighted by molar-refractivity contribution is 0.168. The SMILES string of the molecule is CN(C)C(=O)N1CCN(c2cccc(C#N)c2)CC1. The largest absolute Gasteiger partial charge is 0.368 e. The predicted molar refractivity (Wildman–Crippen MR) is 74.0 cm³/mol. The molecule has 0 atom stereocenters. The van der Waals surface area contributed by atoms with E-state index in [1.165, 1.54) is 0 Å². The third kappa shape index (κ3) is 2.97. The second kappa shape index (κ2) is 5.61. The number of nitriles is 1. The maximum absolute atomic E-state index is 11.8. The highest BCUT2D eigenvalue weighted by Gasteiger charge is 2.22. The summed E-state index contributed by atoms with van der Waals surface area (Å²) in [5, 5.41) is 8.91. The zero-order valence-electron chi connectivity index (χ0n) is 11.3. The predicted octanol–water partition coefficient (Wildman–Crippen LogP) is 1.36. The summed E-state index contributed by atoms with van der Waals surface area (Å²) in [6, 6.07) is 9.80. The summed E-state index contributed by atoms with van der Waals surface area (Å²) in [6.07, 6.45) is 0. The number of anilines is 1. The highest BCUT2D eigenvalue weighted by atomic mass is 16.2. The van der Waals surface area contributed by atoms with Crippen molar-refractivity contribution in [3.8, 4) is 6.07 Å². The van der Waals surface area contributed by atoms with Crippen molar-refractivity contribution in [2.45, 2.75) is 0 Å². The van der Waals surface area contributed by atoms with Crippen LogP contribution in [0.2, 0.25) is 0 Å². The molecule has 0 aliphatic carbocycles. The van der Waals surface area contributed by atoms with Crippen molar-refractivity contribution in [3.05, 3.63) is 29.8 Å². The molecule has 0 N–H and O–H groups in total. The van der Waals surface area contributed by atoms with Gasteiger partial charge in [-0.1, -0.05) is 6.07 Å². The molecular weight excluding hydrogens is 240 g/mol. The molecule has 100 valence electrons. The van der Waals surface area contributed by atoms with Crippen molar-refractivity contribution in [3.63, 3.8) is 0 Å². The Labute approximate surface area is 113 Å². The van der Waals surface area contributed by atoms with E-state index in [4.69, 9.17) is 5.26 Å². The van der Waals surface area contributed by atoms with Gasteiger partial charge in [-0.25, -0.2) is 4.79 Å². The van der Waals surface area contributed by atoms with Crippen molar-refractivity contribution >= 4 is 11.7 Å². The van der Waals surface area contributed by atoms with E-state index in [1.54, 1.807) is 25.1 Å². The third-order valence-corrected chi connectivity index (χ3v) is 3.27.